The average Bonchev–Trinajstić information content (AvgIpc) is 2.97. The molecule has 0 atom stereocenters. The lowest BCUT2D eigenvalue weighted by Gasteiger charge is -2.29. The Labute approximate surface area is 167 Å². The highest BCUT2D eigenvalue weighted by atomic mass is 32.1. The van der Waals surface area contributed by atoms with E-state index in [4.69, 9.17) is 17.0 Å². The second-order valence-electron chi connectivity index (χ2n) is 7.16. The monoisotopic (exact) mass is 383 g/mol. The molecule has 1 aliphatic rings. The van der Waals surface area contributed by atoms with Gasteiger partial charge in [0.05, 0.1) is 19.3 Å². The molecule has 1 N–H and O–H groups in total. The van der Waals surface area contributed by atoms with Crippen LogP contribution in [0.4, 0.5) is 0 Å². The molecule has 0 bridgehead atoms. The van der Waals surface area contributed by atoms with E-state index in [-0.39, 0.29) is 0 Å². The van der Waals surface area contributed by atoms with Crippen molar-refractivity contribution in [2.24, 2.45) is 0 Å². The zero-order chi connectivity index (χ0) is 18.9. The van der Waals surface area contributed by atoms with E-state index in [1.54, 1.807) is 7.11 Å². The first kappa shape index (κ1) is 19.6. The van der Waals surface area contributed by atoms with E-state index in [0.717, 1.165) is 23.1 Å². The summed E-state index contributed by atoms with van der Waals surface area (Å²) < 4.78 is 5.27. The summed E-state index contributed by atoms with van der Waals surface area (Å²) in [5.41, 5.74) is 2.23. The lowest BCUT2D eigenvalue weighted by molar-refractivity contribution is 0.379. The number of thiocarbonyl (C=S) groups is 1. The molecule has 0 aliphatic heterocycles. The Hall–Kier alpha value is -2.14. The summed E-state index contributed by atoms with van der Waals surface area (Å²) in [4.78, 5) is 6.70. The number of pyridine rings is 1. The van der Waals surface area contributed by atoms with Gasteiger partial charge < -0.3 is 15.0 Å². The number of nitrogens with one attached hydrogen (secondary N) is 1. The van der Waals surface area contributed by atoms with Crippen molar-refractivity contribution in [2.45, 2.75) is 57.7 Å². The maximum atomic E-state index is 5.81. The number of methoxy groups -OCH3 is 1. The van der Waals surface area contributed by atoms with Gasteiger partial charge >= 0.3 is 0 Å². The Balaban J connectivity index is 1.70. The summed E-state index contributed by atoms with van der Waals surface area (Å²) >= 11 is 5.81. The molecule has 1 saturated carbocycles. The minimum atomic E-state index is 0.488. The molecule has 1 fully saturated rings. The fraction of sp³-hybridized carbons (Fsp3) is 0.455. The molecule has 1 heterocycles. The van der Waals surface area contributed by atoms with E-state index in [1.807, 2.05) is 30.5 Å². The Morgan fingerprint density at radius 2 is 1.81 bits per heavy atom. The predicted octanol–water partition coefficient (Wildman–Crippen LogP) is 4.69. The lowest BCUT2D eigenvalue weighted by atomic mass is 10.1. The van der Waals surface area contributed by atoms with E-state index in [1.165, 1.54) is 44.1 Å². The van der Waals surface area contributed by atoms with Gasteiger partial charge in [-0.05, 0) is 54.9 Å². The largest absolute Gasteiger partial charge is 0.497 e. The van der Waals surface area contributed by atoms with Crippen LogP contribution in [0, 0.1) is 0 Å². The van der Waals surface area contributed by atoms with Crippen LogP contribution in [0.2, 0.25) is 0 Å². The normalized spacial score (nSPS) is 15.0. The summed E-state index contributed by atoms with van der Waals surface area (Å²) in [7, 11) is 1.69. The zero-order valence-corrected chi connectivity index (χ0v) is 16.9. The van der Waals surface area contributed by atoms with Crippen molar-refractivity contribution >= 4 is 17.3 Å². The molecule has 3 rings (SSSR count). The zero-order valence-electron chi connectivity index (χ0n) is 16.1. The third-order valence-electron chi connectivity index (χ3n) is 5.08. The smallest absolute Gasteiger partial charge is 0.169 e. The first-order valence-corrected chi connectivity index (χ1v) is 10.2. The van der Waals surface area contributed by atoms with Crippen LogP contribution < -0.4 is 10.1 Å². The van der Waals surface area contributed by atoms with Gasteiger partial charge in [0.2, 0.25) is 0 Å². The fourth-order valence-electron chi connectivity index (χ4n) is 3.53. The Kier molecular flexibility index (Phi) is 7.45. The van der Waals surface area contributed by atoms with Gasteiger partial charge in [0.15, 0.2) is 5.11 Å². The van der Waals surface area contributed by atoms with Gasteiger partial charge in [-0.25, -0.2) is 0 Å². The van der Waals surface area contributed by atoms with Crippen LogP contribution in [0.15, 0.2) is 48.7 Å². The Morgan fingerprint density at radius 1 is 1.07 bits per heavy atom. The predicted molar refractivity (Wildman–Crippen MR) is 114 cm³/mol. The first-order chi connectivity index (χ1) is 13.2. The molecular weight excluding hydrogens is 354 g/mol. The van der Waals surface area contributed by atoms with Gasteiger partial charge in [0.25, 0.3) is 0 Å². The van der Waals surface area contributed by atoms with Crippen molar-refractivity contribution in [2.75, 3.05) is 7.11 Å². The molecule has 2 aromatic rings. The minimum Gasteiger partial charge on any atom is -0.497 e. The van der Waals surface area contributed by atoms with Crippen molar-refractivity contribution in [3.8, 4) is 5.75 Å². The Morgan fingerprint density at radius 3 is 2.44 bits per heavy atom. The van der Waals surface area contributed by atoms with Crippen LogP contribution >= 0.6 is 12.2 Å². The molecule has 1 aliphatic carbocycles. The van der Waals surface area contributed by atoms with Crippen LogP contribution in [-0.4, -0.2) is 28.1 Å². The highest BCUT2D eigenvalue weighted by Gasteiger charge is 2.17. The van der Waals surface area contributed by atoms with E-state index >= 15 is 0 Å². The standard InChI is InChI=1S/C22H29N3OS/c1-26-21-13-11-18(12-14-21)16-25(17-20-10-6-7-15-23-20)22(27)24-19-8-4-2-3-5-9-19/h6-7,10-15,19H,2-5,8-9,16-17H2,1H3,(H,24,27). The van der Waals surface area contributed by atoms with Gasteiger partial charge in [0.1, 0.15) is 5.75 Å². The van der Waals surface area contributed by atoms with Crippen LogP contribution in [-0.2, 0) is 13.1 Å². The molecule has 5 heteroatoms. The molecule has 0 spiro atoms. The third-order valence-corrected chi connectivity index (χ3v) is 5.46. The maximum Gasteiger partial charge on any atom is 0.169 e. The number of hydrogen-bond acceptors (Lipinski definition) is 3. The first-order valence-electron chi connectivity index (χ1n) is 9.83. The third kappa shape index (κ3) is 6.21. The van der Waals surface area contributed by atoms with Gasteiger partial charge in [-0.3, -0.25) is 4.98 Å². The van der Waals surface area contributed by atoms with E-state index in [9.17, 15) is 0 Å². The topological polar surface area (TPSA) is 37.4 Å². The molecule has 144 valence electrons. The summed E-state index contributed by atoms with van der Waals surface area (Å²) in [6.45, 7) is 1.45. The number of rotatable bonds is 6. The molecule has 0 radical (unpaired) electrons. The highest BCUT2D eigenvalue weighted by molar-refractivity contribution is 7.80. The van der Waals surface area contributed by atoms with Crippen molar-refractivity contribution in [3.05, 3.63) is 59.9 Å². The van der Waals surface area contributed by atoms with Gasteiger partial charge in [-0.2, -0.15) is 0 Å². The van der Waals surface area contributed by atoms with Crippen molar-refractivity contribution < 1.29 is 4.74 Å². The minimum absolute atomic E-state index is 0.488. The highest BCUT2D eigenvalue weighted by Crippen LogP contribution is 2.19. The SMILES string of the molecule is COc1ccc(CN(Cc2ccccn2)C(=S)NC2CCCCCC2)cc1. The maximum absolute atomic E-state index is 5.81. The van der Waals surface area contributed by atoms with Gasteiger partial charge in [0, 0.05) is 18.8 Å². The summed E-state index contributed by atoms with van der Waals surface area (Å²) in [5, 5.41) is 4.45. The van der Waals surface area contributed by atoms with Crippen LogP contribution in [0.25, 0.3) is 0 Å². The van der Waals surface area contributed by atoms with Crippen LogP contribution in [0.5, 0.6) is 5.75 Å². The number of hydrogen-bond donors (Lipinski definition) is 1. The van der Waals surface area contributed by atoms with E-state index in [0.29, 0.717) is 12.6 Å². The average molecular weight is 384 g/mol. The molecule has 0 amide bonds. The van der Waals surface area contributed by atoms with Crippen LogP contribution in [0.3, 0.4) is 0 Å². The van der Waals surface area contributed by atoms with Crippen molar-refractivity contribution in [3.63, 3.8) is 0 Å². The fourth-order valence-corrected chi connectivity index (χ4v) is 3.82. The molecular formula is C22H29N3OS. The number of aromatic nitrogens is 1. The number of ether oxygens (including phenoxy) is 1. The van der Waals surface area contributed by atoms with Gasteiger partial charge in [-0.15, -0.1) is 0 Å². The quantitative estimate of drug-likeness (QED) is 0.579. The van der Waals surface area contributed by atoms with Crippen molar-refractivity contribution in [1.82, 2.24) is 15.2 Å². The second-order valence-corrected chi connectivity index (χ2v) is 7.55. The van der Waals surface area contributed by atoms with Gasteiger partial charge in [-0.1, -0.05) is 43.9 Å². The second kappa shape index (κ2) is 10.3. The van der Waals surface area contributed by atoms with E-state index < -0.39 is 0 Å². The molecule has 27 heavy (non-hydrogen) atoms. The van der Waals surface area contributed by atoms with E-state index in [2.05, 4.69) is 33.4 Å². The van der Waals surface area contributed by atoms with Crippen LogP contribution in [0.1, 0.15) is 49.8 Å². The lowest BCUT2D eigenvalue weighted by Crippen LogP contribution is -2.44. The molecule has 1 aromatic heterocycles. The summed E-state index contributed by atoms with van der Waals surface area (Å²) in [6, 6.07) is 14.7. The summed E-state index contributed by atoms with van der Waals surface area (Å²) in [5.74, 6) is 0.870. The van der Waals surface area contributed by atoms with Crippen molar-refractivity contribution in [1.29, 1.82) is 0 Å². The molecule has 0 saturated heterocycles. The summed E-state index contributed by atoms with van der Waals surface area (Å²) in [6.07, 6.45) is 9.52. The number of benzene rings is 1. The Bertz CT molecular complexity index is 697. The number of nitrogens with zero attached hydrogens (tertiary/aromatic N) is 2. The molecule has 0 unspecified atom stereocenters. The molecule has 4 nitrogen and oxygen atoms in total. The molecule has 1 aromatic carbocycles.